The molecule has 0 aliphatic heterocycles. The molecule has 0 fully saturated rings. The fourth-order valence-corrected chi connectivity index (χ4v) is 2.42. The fraction of sp³-hybridized carbons (Fsp3) is 0.632. The largest absolute Gasteiger partial charge is 0.425 e. The van der Waals surface area contributed by atoms with Crippen LogP contribution in [0.25, 0.3) is 0 Å². The molecule has 0 saturated carbocycles. The number of halogens is 1. The smallest absolute Gasteiger partial charge is 0.325 e. The first kappa shape index (κ1) is 19.2. The first-order chi connectivity index (χ1) is 9.87. The molecule has 0 heterocycles. The summed E-state index contributed by atoms with van der Waals surface area (Å²) in [5.74, 6) is 0.510. The zero-order valence-electron chi connectivity index (χ0n) is 15.1. The van der Waals surface area contributed by atoms with E-state index in [1.807, 2.05) is 6.92 Å². The molecular weight excluding hydrogens is 340 g/mol. The lowest BCUT2D eigenvalue weighted by Gasteiger charge is -2.30. The Kier molecular flexibility index (Phi) is 5.88. The summed E-state index contributed by atoms with van der Waals surface area (Å²) in [6.45, 7) is 17.0. The van der Waals surface area contributed by atoms with Gasteiger partial charge in [0.05, 0.1) is 0 Å². The van der Waals surface area contributed by atoms with E-state index in [-0.39, 0.29) is 21.6 Å². The van der Waals surface area contributed by atoms with Crippen molar-refractivity contribution in [1.82, 2.24) is 0 Å². The molecule has 0 spiro atoms. The van der Waals surface area contributed by atoms with E-state index >= 15 is 0 Å². The van der Waals surface area contributed by atoms with Gasteiger partial charge in [-0.2, -0.15) is 0 Å². The van der Waals surface area contributed by atoms with Crippen LogP contribution in [-0.4, -0.2) is 10.8 Å². The molecular formula is C19H29BrO2. The van der Waals surface area contributed by atoms with Gasteiger partial charge in [0, 0.05) is 11.1 Å². The molecule has 1 rings (SSSR count). The highest BCUT2D eigenvalue weighted by atomic mass is 79.9. The maximum atomic E-state index is 12.3. The Morgan fingerprint density at radius 2 is 1.50 bits per heavy atom. The van der Waals surface area contributed by atoms with Gasteiger partial charge in [-0.25, -0.2) is 0 Å². The van der Waals surface area contributed by atoms with Gasteiger partial charge in [-0.15, -0.1) is 0 Å². The molecule has 1 unspecified atom stereocenters. The van der Waals surface area contributed by atoms with Gasteiger partial charge in [0.25, 0.3) is 0 Å². The average Bonchev–Trinajstić information content (AvgIpc) is 2.36. The molecule has 0 radical (unpaired) electrons. The molecule has 1 atom stereocenters. The van der Waals surface area contributed by atoms with Gasteiger partial charge in [-0.05, 0) is 24.2 Å². The summed E-state index contributed by atoms with van der Waals surface area (Å²) < 4.78 is 5.85. The van der Waals surface area contributed by atoms with Crippen LogP contribution in [0, 0.1) is 6.92 Å². The molecule has 0 saturated heterocycles. The summed E-state index contributed by atoms with van der Waals surface area (Å²) in [5, 5.41) is 0. The molecule has 0 amide bonds. The fourth-order valence-electron chi connectivity index (χ4n) is 2.33. The van der Waals surface area contributed by atoms with E-state index in [4.69, 9.17) is 4.74 Å². The SMILES string of the molecule is CCC(Br)C(=O)Oc1c(C(C)(C)C)cc(C)cc1C(C)(C)C. The van der Waals surface area contributed by atoms with E-state index in [1.165, 1.54) is 5.56 Å². The van der Waals surface area contributed by atoms with Crippen molar-refractivity contribution < 1.29 is 9.53 Å². The minimum Gasteiger partial charge on any atom is -0.425 e. The monoisotopic (exact) mass is 368 g/mol. The maximum Gasteiger partial charge on any atom is 0.325 e. The highest BCUT2D eigenvalue weighted by molar-refractivity contribution is 9.10. The minimum absolute atomic E-state index is 0.0876. The second-order valence-electron chi connectivity index (χ2n) is 7.99. The number of alkyl halides is 1. The molecule has 0 N–H and O–H groups in total. The van der Waals surface area contributed by atoms with Crippen LogP contribution in [0.4, 0.5) is 0 Å². The lowest BCUT2D eigenvalue weighted by atomic mass is 9.78. The number of hydrogen-bond acceptors (Lipinski definition) is 2. The topological polar surface area (TPSA) is 26.3 Å². The van der Waals surface area contributed by atoms with E-state index in [9.17, 15) is 4.79 Å². The predicted octanol–water partition coefficient (Wildman–Crippen LogP) is 5.67. The quantitative estimate of drug-likeness (QED) is 0.390. The Bertz CT molecular complexity index is 513. The van der Waals surface area contributed by atoms with Gasteiger partial charge in [-0.1, -0.05) is 82.1 Å². The molecule has 124 valence electrons. The maximum absolute atomic E-state index is 12.3. The second kappa shape index (κ2) is 6.74. The van der Waals surface area contributed by atoms with Gasteiger partial charge >= 0.3 is 5.97 Å². The van der Waals surface area contributed by atoms with Gasteiger partial charge in [-0.3, -0.25) is 4.79 Å². The Morgan fingerprint density at radius 3 is 1.82 bits per heavy atom. The summed E-state index contributed by atoms with van der Waals surface area (Å²) in [5.41, 5.74) is 3.19. The Hall–Kier alpha value is -0.830. The first-order valence-electron chi connectivity index (χ1n) is 7.89. The van der Waals surface area contributed by atoms with Gasteiger partial charge in [0.15, 0.2) is 0 Å². The van der Waals surface area contributed by atoms with Gasteiger partial charge in [0.1, 0.15) is 10.6 Å². The van der Waals surface area contributed by atoms with Crippen molar-refractivity contribution in [3.8, 4) is 5.75 Å². The van der Waals surface area contributed by atoms with Crippen LogP contribution in [0.15, 0.2) is 12.1 Å². The molecule has 22 heavy (non-hydrogen) atoms. The lowest BCUT2D eigenvalue weighted by Crippen LogP contribution is -2.25. The number of hydrogen-bond donors (Lipinski definition) is 0. The van der Waals surface area contributed by atoms with E-state index < -0.39 is 0 Å². The van der Waals surface area contributed by atoms with Crippen LogP contribution in [0.1, 0.15) is 71.6 Å². The Balaban J connectivity index is 3.52. The van der Waals surface area contributed by atoms with E-state index in [0.717, 1.165) is 16.9 Å². The van der Waals surface area contributed by atoms with Crippen molar-refractivity contribution in [3.05, 3.63) is 28.8 Å². The summed E-state index contributed by atoms with van der Waals surface area (Å²) >= 11 is 3.39. The number of aryl methyl sites for hydroxylation is 1. The minimum atomic E-state index is -0.269. The highest BCUT2D eigenvalue weighted by Gasteiger charge is 2.29. The summed E-state index contributed by atoms with van der Waals surface area (Å²) in [6.07, 6.45) is 0.709. The van der Waals surface area contributed by atoms with Crippen LogP contribution in [0.2, 0.25) is 0 Å². The van der Waals surface area contributed by atoms with E-state index in [0.29, 0.717) is 6.42 Å². The Labute approximate surface area is 143 Å². The first-order valence-corrected chi connectivity index (χ1v) is 8.80. The lowest BCUT2D eigenvalue weighted by molar-refractivity contribution is -0.133. The van der Waals surface area contributed by atoms with Crippen molar-refractivity contribution in [2.24, 2.45) is 0 Å². The van der Waals surface area contributed by atoms with Crippen LogP contribution in [-0.2, 0) is 15.6 Å². The van der Waals surface area contributed by atoms with Crippen LogP contribution in [0.3, 0.4) is 0 Å². The number of carbonyl (C=O) groups excluding carboxylic acids is 1. The van der Waals surface area contributed by atoms with Crippen LogP contribution < -0.4 is 4.74 Å². The zero-order chi connectivity index (χ0) is 17.3. The molecule has 2 nitrogen and oxygen atoms in total. The third kappa shape index (κ3) is 4.58. The van der Waals surface area contributed by atoms with E-state index in [2.05, 4.69) is 76.5 Å². The normalized spacial score (nSPS) is 13.9. The molecule has 0 aromatic heterocycles. The van der Waals surface area contributed by atoms with Crippen LogP contribution >= 0.6 is 15.9 Å². The third-order valence-electron chi connectivity index (χ3n) is 3.67. The number of ether oxygens (including phenoxy) is 1. The standard InChI is InChI=1S/C19H29BrO2/c1-9-15(20)17(21)22-16-13(18(3,4)5)10-12(2)11-14(16)19(6,7)8/h10-11,15H,9H2,1-8H3. The van der Waals surface area contributed by atoms with Crippen molar-refractivity contribution in [2.75, 3.05) is 0 Å². The highest BCUT2D eigenvalue weighted by Crippen LogP contribution is 2.41. The molecule has 1 aromatic rings. The Morgan fingerprint density at radius 1 is 1.09 bits per heavy atom. The van der Waals surface area contributed by atoms with Crippen molar-refractivity contribution in [1.29, 1.82) is 0 Å². The number of benzene rings is 1. The third-order valence-corrected chi connectivity index (χ3v) is 4.69. The molecule has 3 heteroatoms. The molecule has 1 aromatic carbocycles. The van der Waals surface area contributed by atoms with Crippen molar-refractivity contribution >= 4 is 21.9 Å². The molecule has 0 aliphatic rings. The van der Waals surface area contributed by atoms with Gasteiger partial charge < -0.3 is 4.74 Å². The predicted molar refractivity (Wildman–Crippen MR) is 97.2 cm³/mol. The molecule has 0 aliphatic carbocycles. The van der Waals surface area contributed by atoms with E-state index in [1.54, 1.807) is 0 Å². The number of carbonyl (C=O) groups is 1. The zero-order valence-corrected chi connectivity index (χ0v) is 16.7. The average molecular weight is 369 g/mol. The van der Waals surface area contributed by atoms with Crippen molar-refractivity contribution in [2.45, 2.75) is 77.5 Å². The number of esters is 1. The summed E-state index contributed by atoms with van der Waals surface area (Å²) in [4.78, 5) is 12.0. The van der Waals surface area contributed by atoms with Gasteiger partial charge in [0.2, 0.25) is 0 Å². The number of rotatable bonds is 3. The molecule has 0 bridgehead atoms. The second-order valence-corrected chi connectivity index (χ2v) is 9.09. The van der Waals surface area contributed by atoms with Crippen LogP contribution in [0.5, 0.6) is 5.75 Å². The summed E-state index contributed by atoms with van der Waals surface area (Å²) in [6, 6.07) is 4.26. The summed E-state index contributed by atoms with van der Waals surface area (Å²) in [7, 11) is 0. The van der Waals surface area contributed by atoms with Crippen molar-refractivity contribution in [3.63, 3.8) is 0 Å².